The monoisotopic (exact) mass is 306 g/mol. The zero-order valence-corrected chi connectivity index (χ0v) is 12.6. The standard InChI is InChI=1S/C17H10N2S2/c18-10-15-12(7-9-21-15)16-11-4-1-2-5-13(11)19-17(16)14-6-3-8-20-14/h1-9,19H. The van der Waals surface area contributed by atoms with E-state index in [4.69, 9.17) is 0 Å². The Bertz CT molecular complexity index is 952. The minimum Gasteiger partial charge on any atom is -0.353 e. The van der Waals surface area contributed by atoms with Gasteiger partial charge in [-0.05, 0) is 29.0 Å². The molecule has 1 aromatic carbocycles. The Kier molecular flexibility index (Phi) is 2.88. The van der Waals surface area contributed by atoms with Gasteiger partial charge < -0.3 is 4.98 Å². The number of H-pyrrole nitrogens is 1. The maximum absolute atomic E-state index is 9.35. The summed E-state index contributed by atoms with van der Waals surface area (Å²) in [6.07, 6.45) is 0. The van der Waals surface area contributed by atoms with Crippen LogP contribution in [0.4, 0.5) is 0 Å². The number of benzene rings is 1. The van der Waals surface area contributed by atoms with Crippen LogP contribution >= 0.6 is 22.7 Å². The average Bonchev–Trinajstić information content (AvgIpc) is 3.24. The molecular weight excluding hydrogens is 296 g/mol. The molecule has 0 saturated carbocycles. The Morgan fingerprint density at radius 2 is 1.86 bits per heavy atom. The van der Waals surface area contributed by atoms with Crippen LogP contribution in [0.15, 0.2) is 53.2 Å². The Morgan fingerprint density at radius 3 is 2.67 bits per heavy atom. The molecule has 100 valence electrons. The summed E-state index contributed by atoms with van der Waals surface area (Å²) in [5.41, 5.74) is 4.35. The van der Waals surface area contributed by atoms with Crippen molar-refractivity contribution < 1.29 is 0 Å². The maximum Gasteiger partial charge on any atom is 0.112 e. The van der Waals surface area contributed by atoms with Crippen molar-refractivity contribution in [3.8, 4) is 27.8 Å². The summed E-state index contributed by atoms with van der Waals surface area (Å²) in [5, 5.41) is 14.6. The molecule has 0 radical (unpaired) electrons. The summed E-state index contributed by atoms with van der Waals surface area (Å²) >= 11 is 3.20. The molecule has 0 amide bonds. The summed E-state index contributed by atoms with van der Waals surface area (Å²) in [6.45, 7) is 0. The molecule has 3 aromatic heterocycles. The van der Waals surface area contributed by atoms with Crippen molar-refractivity contribution in [2.45, 2.75) is 0 Å². The molecule has 0 aliphatic carbocycles. The third-order valence-electron chi connectivity index (χ3n) is 3.51. The van der Waals surface area contributed by atoms with Crippen molar-refractivity contribution in [3.63, 3.8) is 0 Å². The number of fused-ring (bicyclic) bond motifs is 1. The maximum atomic E-state index is 9.35. The summed E-state index contributed by atoms with van der Waals surface area (Å²) in [4.78, 5) is 5.46. The highest BCUT2D eigenvalue weighted by Gasteiger charge is 2.18. The lowest BCUT2D eigenvalue weighted by atomic mass is 10.0. The van der Waals surface area contributed by atoms with E-state index < -0.39 is 0 Å². The SMILES string of the molecule is N#Cc1sccc1-c1c(-c2cccs2)[nH]c2ccccc12. The number of hydrogen-bond donors (Lipinski definition) is 1. The molecule has 4 heteroatoms. The molecule has 4 rings (SSSR count). The fourth-order valence-electron chi connectivity index (χ4n) is 2.62. The molecule has 0 bridgehead atoms. The fraction of sp³-hybridized carbons (Fsp3) is 0. The first-order chi connectivity index (χ1) is 10.4. The van der Waals surface area contributed by atoms with Crippen LogP contribution in [-0.4, -0.2) is 4.98 Å². The minimum atomic E-state index is 0.762. The lowest BCUT2D eigenvalue weighted by Crippen LogP contribution is -1.80. The molecule has 0 unspecified atom stereocenters. The first-order valence-electron chi connectivity index (χ1n) is 6.51. The smallest absolute Gasteiger partial charge is 0.112 e. The molecule has 1 N–H and O–H groups in total. The number of rotatable bonds is 2. The number of nitriles is 1. The zero-order chi connectivity index (χ0) is 14.2. The topological polar surface area (TPSA) is 39.6 Å². The van der Waals surface area contributed by atoms with Crippen molar-refractivity contribution in [2.24, 2.45) is 0 Å². The Balaban J connectivity index is 2.11. The van der Waals surface area contributed by atoms with Crippen LogP contribution in [0.2, 0.25) is 0 Å². The third-order valence-corrected chi connectivity index (χ3v) is 5.22. The third kappa shape index (κ3) is 1.90. The van der Waals surface area contributed by atoms with Gasteiger partial charge in [0.05, 0.1) is 10.6 Å². The van der Waals surface area contributed by atoms with Crippen molar-refractivity contribution in [2.75, 3.05) is 0 Å². The van der Waals surface area contributed by atoms with Gasteiger partial charge in [0, 0.05) is 22.0 Å². The predicted molar refractivity (Wildman–Crippen MR) is 89.6 cm³/mol. The van der Waals surface area contributed by atoms with E-state index >= 15 is 0 Å². The van der Waals surface area contributed by atoms with E-state index in [1.165, 1.54) is 16.2 Å². The quantitative estimate of drug-likeness (QED) is 0.522. The van der Waals surface area contributed by atoms with Gasteiger partial charge in [0.1, 0.15) is 10.9 Å². The zero-order valence-electron chi connectivity index (χ0n) is 11.0. The number of nitrogens with one attached hydrogen (secondary N) is 1. The molecule has 0 aliphatic heterocycles. The van der Waals surface area contributed by atoms with Gasteiger partial charge in [-0.15, -0.1) is 22.7 Å². The van der Waals surface area contributed by atoms with E-state index in [1.54, 1.807) is 11.3 Å². The van der Waals surface area contributed by atoms with E-state index in [1.807, 2.05) is 29.6 Å². The van der Waals surface area contributed by atoms with Gasteiger partial charge in [-0.25, -0.2) is 0 Å². The normalized spacial score (nSPS) is 10.8. The molecule has 0 saturated heterocycles. The van der Waals surface area contributed by atoms with E-state index in [0.29, 0.717) is 0 Å². The van der Waals surface area contributed by atoms with Crippen LogP contribution in [0.5, 0.6) is 0 Å². The van der Waals surface area contributed by atoms with Gasteiger partial charge in [-0.2, -0.15) is 5.26 Å². The Morgan fingerprint density at radius 1 is 0.952 bits per heavy atom. The summed E-state index contributed by atoms with van der Waals surface area (Å²) in [7, 11) is 0. The molecule has 3 heterocycles. The van der Waals surface area contributed by atoms with Crippen molar-refractivity contribution in [1.29, 1.82) is 5.26 Å². The molecule has 2 nitrogen and oxygen atoms in total. The highest BCUT2D eigenvalue weighted by molar-refractivity contribution is 7.13. The van der Waals surface area contributed by atoms with Gasteiger partial charge >= 0.3 is 0 Å². The summed E-state index contributed by atoms with van der Waals surface area (Å²) < 4.78 is 0. The van der Waals surface area contributed by atoms with E-state index in [0.717, 1.165) is 32.6 Å². The molecule has 0 fully saturated rings. The van der Waals surface area contributed by atoms with Crippen LogP contribution in [0.25, 0.3) is 32.6 Å². The highest BCUT2D eigenvalue weighted by Crippen LogP contribution is 2.42. The second-order valence-corrected chi connectivity index (χ2v) is 6.54. The molecule has 0 spiro atoms. The van der Waals surface area contributed by atoms with Gasteiger partial charge in [-0.3, -0.25) is 0 Å². The first kappa shape index (κ1) is 12.4. The molecule has 4 aromatic rings. The average molecular weight is 306 g/mol. The van der Waals surface area contributed by atoms with E-state index in [2.05, 4.69) is 34.6 Å². The van der Waals surface area contributed by atoms with Crippen molar-refractivity contribution in [3.05, 3.63) is 58.1 Å². The van der Waals surface area contributed by atoms with Crippen LogP contribution in [0.1, 0.15) is 4.88 Å². The van der Waals surface area contributed by atoms with Crippen molar-refractivity contribution >= 4 is 33.6 Å². The summed E-state index contributed by atoms with van der Waals surface area (Å²) in [6, 6.07) is 16.8. The van der Waals surface area contributed by atoms with Gasteiger partial charge in [0.15, 0.2) is 0 Å². The minimum absolute atomic E-state index is 0.762. The van der Waals surface area contributed by atoms with Crippen LogP contribution in [0, 0.1) is 11.3 Å². The molecular formula is C17H10N2S2. The second kappa shape index (κ2) is 4.88. The number of aromatic nitrogens is 1. The molecule has 21 heavy (non-hydrogen) atoms. The van der Waals surface area contributed by atoms with Crippen molar-refractivity contribution in [1.82, 2.24) is 4.98 Å². The highest BCUT2D eigenvalue weighted by atomic mass is 32.1. The fourth-order valence-corrected chi connectivity index (χ4v) is 4.04. The predicted octanol–water partition coefficient (Wildman–Crippen LogP) is 5.50. The lowest BCUT2D eigenvalue weighted by Gasteiger charge is -2.02. The van der Waals surface area contributed by atoms with Crippen LogP contribution in [0.3, 0.4) is 0 Å². The second-order valence-electron chi connectivity index (χ2n) is 4.67. The number of para-hydroxylation sites is 1. The number of thiophene rings is 2. The van der Waals surface area contributed by atoms with Crippen LogP contribution in [-0.2, 0) is 0 Å². The largest absolute Gasteiger partial charge is 0.353 e. The molecule has 0 aliphatic rings. The molecule has 0 atom stereocenters. The van der Waals surface area contributed by atoms with Gasteiger partial charge in [-0.1, -0.05) is 24.3 Å². The first-order valence-corrected chi connectivity index (χ1v) is 8.27. The lowest BCUT2D eigenvalue weighted by molar-refractivity contribution is 1.48. The Labute approximate surface area is 129 Å². The number of nitrogens with zero attached hydrogens (tertiary/aromatic N) is 1. The van der Waals surface area contributed by atoms with Gasteiger partial charge in [0.2, 0.25) is 0 Å². The Hall–Kier alpha value is -2.35. The number of hydrogen-bond acceptors (Lipinski definition) is 3. The van der Waals surface area contributed by atoms with Crippen LogP contribution < -0.4 is 0 Å². The number of aromatic amines is 1. The summed E-state index contributed by atoms with van der Waals surface area (Å²) in [5.74, 6) is 0. The van der Waals surface area contributed by atoms with E-state index in [9.17, 15) is 5.26 Å². The van der Waals surface area contributed by atoms with E-state index in [-0.39, 0.29) is 0 Å². The van der Waals surface area contributed by atoms with Gasteiger partial charge in [0.25, 0.3) is 0 Å².